The average molecular weight is 340 g/mol. The maximum atomic E-state index is 12.2. The number of methoxy groups -OCH3 is 1. The minimum absolute atomic E-state index is 0.213. The molecule has 0 bridgehead atoms. The molecule has 0 unspecified atom stereocenters. The van der Waals surface area contributed by atoms with Crippen LogP contribution in [0.4, 0.5) is 5.82 Å². The summed E-state index contributed by atoms with van der Waals surface area (Å²) in [4.78, 5) is 12.2. The van der Waals surface area contributed by atoms with Crippen molar-refractivity contribution in [3.8, 4) is 5.75 Å². The number of amides is 1. The van der Waals surface area contributed by atoms with Crippen molar-refractivity contribution in [2.75, 3.05) is 19.0 Å². The second-order valence-electron chi connectivity index (χ2n) is 6.25. The Kier molecular flexibility index (Phi) is 5.82. The van der Waals surface area contributed by atoms with Crippen LogP contribution in [-0.2, 0) is 6.42 Å². The predicted octanol–water partition coefficient (Wildman–Crippen LogP) is 2.81. The molecule has 1 fully saturated rings. The second-order valence-corrected chi connectivity index (χ2v) is 6.25. The third kappa shape index (κ3) is 4.68. The predicted molar refractivity (Wildman–Crippen MR) is 96.9 cm³/mol. The summed E-state index contributed by atoms with van der Waals surface area (Å²) < 4.78 is 5.31. The first-order chi connectivity index (χ1) is 12.3. The summed E-state index contributed by atoms with van der Waals surface area (Å²) in [5.74, 6) is 1.35. The van der Waals surface area contributed by atoms with Crippen LogP contribution in [0.1, 0.15) is 41.7 Å². The summed E-state index contributed by atoms with van der Waals surface area (Å²) >= 11 is 0. The summed E-state index contributed by atoms with van der Waals surface area (Å²) in [6.45, 7) is 0.517. The first-order valence-corrected chi connectivity index (χ1v) is 8.76. The molecular weight excluding hydrogens is 316 g/mol. The zero-order chi connectivity index (χ0) is 17.5. The Morgan fingerprint density at radius 1 is 1.16 bits per heavy atom. The lowest BCUT2D eigenvalue weighted by atomic mass is 10.1. The molecule has 1 saturated carbocycles. The van der Waals surface area contributed by atoms with E-state index in [1.807, 2.05) is 30.3 Å². The third-order valence-electron chi connectivity index (χ3n) is 4.48. The van der Waals surface area contributed by atoms with E-state index in [1.165, 1.54) is 25.7 Å². The van der Waals surface area contributed by atoms with Crippen molar-refractivity contribution in [1.82, 2.24) is 15.5 Å². The van der Waals surface area contributed by atoms with Gasteiger partial charge in [0.1, 0.15) is 11.6 Å². The van der Waals surface area contributed by atoms with Crippen molar-refractivity contribution in [1.29, 1.82) is 0 Å². The van der Waals surface area contributed by atoms with Crippen LogP contribution in [0.5, 0.6) is 5.75 Å². The highest BCUT2D eigenvalue weighted by Crippen LogP contribution is 2.21. The Hall–Kier alpha value is -2.63. The van der Waals surface area contributed by atoms with Crippen LogP contribution >= 0.6 is 0 Å². The Balaban J connectivity index is 1.49. The van der Waals surface area contributed by atoms with Crippen LogP contribution in [0.3, 0.4) is 0 Å². The van der Waals surface area contributed by atoms with E-state index in [0.29, 0.717) is 24.7 Å². The molecule has 25 heavy (non-hydrogen) atoms. The fraction of sp³-hybridized carbons (Fsp3) is 0.421. The highest BCUT2D eigenvalue weighted by Gasteiger charge is 2.15. The number of rotatable bonds is 7. The maximum absolute atomic E-state index is 12.2. The first kappa shape index (κ1) is 17.2. The van der Waals surface area contributed by atoms with E-state index in [2.05, 4.69) is 20.8 Å². The highest BCUT2D eigenvalue weighted by molar-refractivity contribution is 5.92. The van der Waals surface area contributed by atoms with Crippen molar-refractivity contribution in [2.24, 2.45) is 0 Å². The lowest BCUT2D eigenvalue weighted by molar-refractivity contribution is 0.0948. The van der Waals surface area contributed by atoms with E-state index in [1.54, 1.807) is 13.2 Å². The van der Waals surface area contributed by atoms with Crippen LogP contribution in [0.25, 0.3) is 0 Å². The number of para-hydroxylation sites is 1. The zero-order valence-electron chi connectivity index (χ0n) is 14.5. The van der Waals surface area contributed by atoms with Crippen molar-refractivity contribution in [3.05, 3.63) is 47.7 Å². The standard InChI is InChI=1S/C19H24N4O2/c1-25-17-9-5-2-6-14(17)12-13-20-19(24)16-10-11-18(23-22-16)21-15-7-3-4-8-15/h2,5-6,9-11,15H,3-4,7-8,12-13H2,1H3,(H,20,24)(H,21,23). The smallest absolute Gasteiger partial charge is 0.271 e. The molecule has 1 aromatic heterocycles. The number of nitrogens with zero attached hydrogens (tertiary/aromatic N) is 2. The second kappa shape index (κ2) is 8.46. The molecule has 0 radical (unpaired) electrons. The molecule has 0 aliphatic heterocycles. The van der Waals surface area contributed by atoms with Gasteiger partial charge in [0.25, 0.3) is 5.91 Å². The molecule has 0 spiro atoms. The van der Waals surface area contributed by atoms with E-state index in [4.69, 9.17) is 4.74 Å². The van der Waals surface area contributed by atoms with Gasteiger partial charge in [0, 0.05) is 12.6 Å². The van der Waals surface area contributed by atoms with Gasteiger partial charge in [-0.1, -0.05) is 31.0 Å². The molecule has 1 aliphatic carbocycles. The minimum Gasteiger partial charge on any atom is -0.496 e. The largest absolute Gasteiger partial charge is 0.496 e. The van der Waals surface area contributed by atoms with Crippen molar-refractivity contribution in [3.63, 3.8) is 0 Å². The van der Waals surface area contributed by atoms with Crippen molar-refractivity contribution < 1.29 is 9.53 Å². The number of hydrogen-bond acceptors (Lipinski definition) is 5. The molecule has 2 N–H and O–H groups in total. The first-order valence-electron chi connectivity index (χ1n) is 8.76. The fourth-order valence-corrected chi connectivity index (χ4v) is 3.12. The highest BCUT2D eigenvalue weighted by atomic mass is 16.5. The quantitative estimate of drug-likeness (QED) is 0.810. The topological polar surface area (TPSA) is 76.1 Å². The normalized spacial score (nSPS) is 14.3. The molecule has 3 rings (SSSR count). The Morgan fingerprint density at radius 2 is 1.96 bits per heavy atom. The number of ether oxygens (including phenoxy) is 1. The van der Waals surface area contributed by atoms with Crippen LogP contribution < -0.4 is 15.4 Å². The van der Waals surface area contributed by atoms with Gasteiger partial charge in [-0.2, -0.15) is 0 Å². The molecule has 6 heteroatoms. The van der Waals surface area contributed by atoms with Gasteiger partial charge in [0.2, 0.25) is 0 Å². The number of carbonyl (C=O) groups excluding carboxylic acids is 1. The Labute approximate surface area is 148 Å². The summed E-state index contributed by atoms with van der Waals surface area (Å²) in [7, 11) is 1.65. The third-order valence-corrected chi connectivity index (χ3v) is 4.48. The molecule has 1 amide bonds. The van der Waals surface area contributed by atoms with Crippen LogP contribution in [0.2, 0.25) is 0 Å². The number of nitrogens with one attached hydrogen (secondary N) is 2. The number of anilines is 1. The zero-order valence-corrected chi connectivity index (χ0v) is 14.5. The number of aromatic nitrogens is 2. The van der Waals surface area contributed by atoms with Gasteiger partial charge in [-0.05, 0) is 43.0 Å². The van der Waals surface area contributed by atoms with E-state index >= 15 is 0 Å². The van der Waals surface area contributed by atoms with Crippen LogP contribution in [0.15, 0.2) is 36.4 Å². The molecule has 6 nitrogen and oxygen atoms in total. The minimum atomic E-state index is -0.213. The number of hydrogen-bond donors (Lipinski definition) is 2. The summed E-state index contributed by atoms with van der Waals surface area (Å²) in [6.07, 6.45) is 5.57. The number of benzene rings is 1. The van der Waals surface area contributed by atoms with E-state index in [9.17, 15) is 4.79 Å². The molecule has 0 atom stereocenters. The van der Waals surface area contributed by atoms with Gasteiger partial charge < -0.3 is 15.4 Å². The summed E-state index contributed by atoms with van der Waals surface area (Å²) in [5.41, 5.74) is 1.39. The van der Waals surface area contributed by atoms with E-state index in [0.717, 1.165) is 17.1 Å². The van der Waals surface area contributed by atoms with Crippen molar-refractivity contribution >= 4 is 11.7 Å². The molecule has 1 aromatic carbocycles. The van der Waals surface area contributed by atoms with Gasteiger partial charge in [0.05, 0.1) is 7.11 Å². The molecule has 1 heterocycles. The monoisotopic (exact) mass is 340 g/mol. The Morgan fingerprint density at radius 3 is 2.68 bits per heavy atom. The fourth-order valence-electron chi connectivity index (χ4n) is 3.12. The average Bonchev–Trinajstić information content (AvgIpc) is 3.15. The van der Waals surface area contributed by atoms with E-state index < -0.39 is 0 Å². The lowest BCUT2D eigenvalue weighted by Gasteiger charge is -2.12. The van der Waals surface area contributed by atoms with Gasteiger partial charge in [0.15, 0.2) is 5.69 Å². The summed E-state index contributed by atoms with van der Waals surface area (Å²) in [6, 6.07) is 11.8. The maximum Gasteiger partial charge on any atom is 0.271 e. The number of carbonyl (C=O) groups is 1. The molecule has 2 aromatic rings. The lowest BCUT2D eigenvalue weighted by Crippen LogP contribution is -2.27. The van der Waals surface area contributed by atoms with Gasteiger partial charge in [-0.3, -0.25) is 4.79 Å². The Bertz CT molecular complexity index is 697. The molecular formula is C19H24N4O2. The molecule has 1 aliphatic rings. The van der Waals surface area contributed by atoms with Gasteiger partial charge in [-0.15, -0.1) is 10.2 Å². The SMILES string of the molecule is COc1ccccc1CCNC(=O)c1ccc(NC2CCCC2)nn1. The van der Waals surface area contributed by atoms with Crippen LogP contribution in [-0.4, -0.2) is 35.8 Å². The molecule has 0 saturated heterocycles. The van der Waals surface area contributed by atoms with Gasteiger partial charge in [-0.25, -0.2) is 0 Å². The van der Waals surface area contributed by atoms with E-state index in [-0.39, 0.29) is 5.91 Å². The van der Waals surface area contributed by atoms with Crippen LogP contribution in [0, 0.1) is 0 Å². The van der Waals surface area contributed by atoms with Crippen molar-refractivity contribution in [2.45, 2.75) is 38.1 Å². The van der Waals surface area contributed by atoms with Gasteiger partial charge >= 0.3 is 0 Å². The summed E-state index contributed by atoms with van der Waals surface area (Å²) in [5, 5.41) is 14.4. The molecule has 132 valence electrons.